The summed E-state index contributed by atoms with van der Waals surface area (Å²) in [6.45, 7) is 1.03. The van der Waals surface area contributed by atoms with Gasteiger partial charge in [-0.1, -0.05) is 60.7 Å². The molecule has 0 bridgehead atoms. The predicted molar refractivity (Wildman–Crippen MR) is 188 cm³/mol. The number of aromatic nitrogens is 4. The number of H-pyrrole nitrogens is 2. The third-order valence-corrected chi connectivity index (χ3v) is 9.01. The molecule has 2 aromatic carbocycles. The van der Waals surface area contributed by atoms with Crippen LogP contribution in [0, 0.1) is 23.7 Å². The van der Waals surface area contributed by atoms with E-state index in [1.54, 1.807) is 46.5 Å². The van der Waals surface area contributed by atoms with Crippen LogP contribution in [-0.2, 0) is 19.1 Å². The third-order valence-electron chi connectivity index (χ3n) is 9.01. The molecule has 6 rings (SSSR count). The van der Waals surface area contributed by atoms with E-state index in [0.717, 1.165) is 12.8 Å². The fourth-order valence-electron chi connectivity index (χ4n) is 6.52. The molecular weight excluding hydrogens is 664 g/mol. The van der Waals surface area contributed by atoms with E-state index in [1.807, 2.05) is 36.4 Å². The molecule has 2 aliphatic rings. The van der Waals surface area contributed by atoms with Crippen LogP contribution in [0.25, 0.3) is 0 Å². The predicted octanol–water partition coefficient (Wildman–Crippen LogP) is 4.06. The molecule has 2 fully saturated rings. The van der Waals surface area contributed by atoms with Gasteiger partial charge in [0.2, 0.25) is 0 Å². The quantitative estimate of drug-likeness (QED) is 0.199. The first-order chi connectivity index (χ1) is 25.4. The van der Waals surface area contributed by atoms with Gasteiger partial charge in [-0.2, -0.15) is 0 Å². The highest BCUT2D eigenvalue weighted by molar-refractivity contribution is 5.88. The van der Waals surface area contributed by atoms with Crippen molar-refractivity contribution in [2.75, 3.05) is 27.3 Å². The van der Waals surface area contributed by atoms with Gasteiger partial charge >= 0.3 is 12.2 Å². The second kappa shape index (κ2) is 16.4. The monoisotopic (exact) mass is 702 g/mol. The summed E-state index contributed by atoms with van der Waals surface area (Å²) in [5, 5.41) is 5.33. The second-order valence-corrected chi connectivity index (χ2v) is 12.2. The minimum Gasteiger partial charge on any atom is -0.453 e. The van der Waals surface area contributed by atoms with Crippen LogP contribution >= 0.6 is 0 Å². The average Bonchev–Trinajstić information content (AvgIpc) is 4.02. The van der Waals surface area contributed by atoms with Crippen molar-refractivity contribution < 1.29 is 28.7 Å². The number of methoxy groups -OCH3 is 2. The number of benzene rings is 2. The van der Waals surface area contributed by atoms with E-state index in [-0.39, 0.29) is 23.9 Å². The Morgan fingerprint density at radius 2 is 1.10 bits per heavy atom. The van der Waals surface area contributed by atoms with E-state index in [1.165, 1.54) is 14.2 Å². The number of aromatic amines is 2. The van der Waals surface area contributed by atoms with Crippen LogP contribution in [0.2, 0.25) is 0 Å². The first kappa shape index (κ1) is 35.3. The number of carbonyl (C=O) groups is 4. The number of alkyl carbamates (subject to hydrolysis) is 2. The minimum atomic E-state index is -0.909. The largest absolute Gasteiger partial charge is 0.453 e. The fourth-order valence-corrected chi connectivity index (χ4v) is 6.52. The lowest BCUT2D eigenvalue weighted by atomic mass is 10.1. The SMILES string of the molecule is COC(=O)N[C@@H](C(=O)N1CCC[C@H]1c1ncc(C#CC#Cc2cnc([C@@H]3CCCN3C(=O)[C@H](NC(=O)OC)c3ccccc3)[nH]2)[nH]1)c1ccccc1. The highest BCUT2D eigenvalue weighted by Crippen LogP contribution is 2.34. The van der Waals surface area contributed by atoms with Crippen molar-refractivity contribution in [3.05, 3.63) is 107 Å². The van der Waals surface area contributed by atoms with Crippen molar-refractivity contribution in [2.45, 2.75) is 49.9 Å². The molecule has 0 unspecified atom stereocenters. The van der Waals surface area contributed by atoms with Gasteiger partial charge in [0.05, 0.1) is 38.7 Å². The Labute approximate surface area is 300 Å². The van der Waals surface area contributed by atoms with Gasteiger partial charge in [-0.3, -0.25) is 9.59 Å². The van der Waals surface area contributed by atoms with Crippen LogP contribution < -0.4 is 10.6 Å². The fraction of sp³-hybridized carbons (Fsp3) is 0.316. The zero-order valence-corrected chi connectivity index (χ0v) is 28.7. The van der Waals surface area contributed by atoms with Crippen molar-refractivity contribution in [3.8, 4) is 23.7 Å². The number of carbonyl (C=O) groups excluding carboxylic acids is 4. The van der Waals surface area contributed by atoms with Gasteiger partial charge in [0.15, 0.2) is 0 Å². The Kier molecular flexibility index (Phi) is 11.2. The molecule has 0 spiro atoms. The second-order valence-electron chi connectivity index (χ2n) is 12.2. The maximum atomic E-state index is 13.7. The maximum absolute atomic E-state index is 13.7. The number of amides is 4. The summed E-state index contributed by atoms with van der Waals surface area (Å²) in [7, 11) is 2.51. The molecule has 52 heavy (non-hydrogen) atoms. The molecule has 14 nitrogen and oxygen atoms in total. The lowest BCUT2D eigenvalue weighted by Crippen LogP contribution is -2.42. The number of rotatable bonds is 8. The standard InChI is InChI=1S/C38H38N8O6/c1-51-37(49)43-31(25-13-5-3-6-14-25)35(47)45-21-11-19-29(45)33-39-23-27(41-33)17-9-10-18-28-24-40-34(42-28)30-20-12-22-46(30)36(48)32(44-38(50)52-2)26-15-7-4-8-16-26/h3-8,13-16,23-24,29-32H,11-12,19-22H2,1-2H3,(H,39,41)(H,40,42)(H,43,49)(H,44,50)/t29-,30-,31+,32+/m0/s1. The molecule has 14 heteroatoms. The summed E-state index contributed by atoms with van der Waals surface area (Å²) in [5.41, 5.74) is 2.37. The lowest BCUT2D eigenvalue weighted by molar-refractivity contribution is -0.135. The smallest absolute Gasteiger partial charge is 0.407 e. The summed E-state index contributed by atoms with van der Waals surface area (Å²) in [4.78, 5) is 70.5. The Hall–Kier alpha value is -6.54. The van der Waals surface area contributed by atoms with Crippen molar-refractivity contribution in [2.24, 2.45) is 0 Å². The molecular formula is C38H38N8O6. The van der Waals surface area contributed by atoms with Crippen molar-refractivity contribution in [1.29, 1.82) is 0 Å². The van der Waals surface area contributed by atoms with Gasteiger partial charge in [-0.15, -0.1) is 0 Å². The van der Waals surface area contributed by atoms with Gasteiger partial charge in [0.25, 0.3) is 11.8 Å². The molecule has 4 aromatic rings. The number of imidazole rings is 2. The molecule has 0 saturated carbocycles. The van der Waals surface area contributed by atoms with Crippen LogP contribution in [0.3, 0.4) is 0 Å². The number of likely N-dealkylation sites (tertiary alicyclic amines) is 2. The lowest BCUT2D eigenvalue weighted by Gasteiger charge is -2.28. The summed E-state index contributed by atoms with van der Waals surface area (Å²) in [5.74, 6) is 12.3. The highest BCUT2D eigenvalue weighted by atomic mass is 16.5. The molecule has 2 aromatic heterocycles. The maximum Gasteiger partial charge on any atom is 0.407 e. The van der Waals surface area contributed by atoms with Gasteiger partial charge in [0, 0.05) is 13.1 Å². The van der Waals surface area contributed by atoms with E-state index in [0.29, 0.717) is 60.1 Å². The molecule has 0 aliphatic carbocycles. The summed E-state index contributed by atoms with van der Waals surface area (Å²) in [6.07, 6.45) is 4.77. The van der Waals surface area contributed by atoms with Gasteiger partial charge in [-0.05, 0) is 60.5 Å². The number of nitrogens with zero attached hydrogens (tertiary/aromatic N) is 4. The van der Waals surface area contributed by atoms with E-state index >= 15 is 0 Å². The summed E-state index contributed by atoms with van der Waals surface area (Å²) < 4.78 is 9.55. The molecule has 2 aliphatic heterocycles. The van der Waals surface area contributed by atoms with E-state index in [9.17, 15) is 19.2 Å². The molecule has 4 heterocycles. The Morgan fingerprint density at radius 3 is 1.48 bits per heavy atom. The number of nitrogens with one attached hydrogen (secondary N) is 4. The van der Waals surface area contributed by atoms with Gasteiger partial charge in [0.1, 0.15) is 35.1 Å². The highest BCUT2D eigenvalue weighted by Gasteiger charge is 2.38. The molecule has 266 valence electrons. The number of hydrogen-bond donors (Lipinski definition) is 4. The van der Waals surface area contributed by atoms with Crippen LogP contribution in [0.15, 0.2) is 73.1 Å². The number of ether oxygens (including phenoxy) is 2. The average molecular weight is 703 g/mol. The first-order valence-electron chi connectivity index (χ1n) is 16.9. The molecule has 4 N–H and O–H groups in total. The first-order valence-corrected chi connectivity index (χ1v) is 16.9. The van der Waals surface area contributed by atoms with E-state index in [4.69, 9.17) is 9.47 Å². The molecule has 0 radical (unpaired) electrons. The Bertz CT molecular complexity index is 1880. The minimum absolute atomic E-state index is 0.258. The topological polar surface area (TPSA) is 175 Å². The summed E-state index contributed by atoms with van der Waals surface area (Å²) in [6, 6.07) is 15.6. The summed E-state index contributed by atoms with van der Waals surface area (Å²) >= 11 is 0. The van der Waals surface area contributed by atoms with Crippen molar-refractivity contribution in [1.82, 2.24) is 40.4 Å². The van der Waals surface area contributed by atoms with E-state index in [2.05, 4.69) is 54.3 Å². The molecule has 4 atom stereocenters. The van der Waals surface area contributed by atoms with Crippen molar-refractivity contribution >= 4 is 24.0 Å². The molecule has 2 saturated heterocycles. The van der Waals surface area contributed by atoms with Crippen molar-refractivity contribution in [3.63, 3.8) is 0 Å². The van der Waals surface area contributed by atoms with Gasteiger partial charge < -0.3 is 39.9 Å². The van der Waals surface area contributed by atoms with Crippen LogP contribution in [-0.4, -0.2) is 81.0 Å². The normalized spacial score (nSPS) is 17.5. The Morgan fingerprint density at radius 1 is 0.692 bits per heavy atom. The van der Waals surface area contributed by atoms with Crippen LogP contribution in [0.5, 0.6) is 0 Å². The zero-order chi connectivity index (χ0) is 36.5. The third kappa shape index (κ3) is 8.08. The van der Waals surface area contributed by atoms with E-state index < -0.39 is 24.3 Å². The van der Waals surface area contributed by atoms with Crippen LogP contribution in [0.4, 0.5) is 9.59 Å². The Balaban J connectivity index is 1.11. The van der Waals surface area contributed by atoms with Gasteiger partial charge in [-0.25, -0.2) is 19.6 Å². The van der Waals surface area contributed by atoms with Crippen LogP contribution in [0.1, 0.15) is 84.0 Å². The number of hydrogen-bond acceptors (Lipinski definition) is 8. The molecule has 4 amide bonds. The zero-order valence-electron chi connectivity index (χ0n) is 28.7.